The Labute approximate surface area is 110 Å². The predicted octanol–water partition coefficient (Wildman–Crippen LogP) is 0.743. The number of nitrogens with one attached hydrogen (secondary N) is 1. The predicted molar refractivity (Wildman–Crippen MR) is 70.6 cm³/mol. The minimum atomic E-state index is -3.12. The molecule has 1 aromatic heterocycles. The minimum Gasteiger partial charge on any atom is -0.324 e. The molecule has 0 aliphatic carbocycles. The van der Waals surface area contributed by atoms with Crippen LogP contribution in [0.15, 0.2) is 0 Å². The molecule has 0 aromatic carbocycles. The Morgan fingerprint density at radius 1 is 1.50 bits per heavy atom. The molecule has 0 saturated heterocycles. The Morgan fingerprint density at radius 3 is 2.56 bits per heavy atom. The highest BCUT2D eigenvalue weighted by Gasteiger charge is 2.20. The van der Waals surface area contributed by atoms with Crippen molar-refractivity contribution < 1.29 is 13.2 Å². The molecule has 0 radical (unpaired) electrons. The lowest BCUT2D eigenvalue weighted by Crippen LogP contribution is -2.41. The third kappa shape index (κ3) is 4.57. The number of rotatable bonds is 4. The molecule has 1 unspecified atom stereocenters. The second-order valence-corrected chi connectivity index (χ2v) is 7.48. The van der Waals surface area contributed by atoms with E-state index < -0.39 is 21.9 Å². The normalized spacial score (nSPS) is 13.1. The lowest BCUT2D eigenvalue weighted by molar-refractivity contribution is 0.212. The van der Waals surface area contributed by atoms with Gasteiger partial charge in [-0.05, 0) is 13.8 Å². The van der Waals surface area contributed by atoms with Crippen LogP contribution in [0.5, 0.6) is 0 Å². The van der Waals surface area contributed by atoms with Crippen LogP contribution < -0.4 is 5.32 Å². The number of hydrogen-bond acceptors (Lipinski definition) is 6. The van der Waals surface area contributed by atoms with Gasteiger partial charge in [0.1, 0.15) is 14.8 Å². The second kappa shape index (κ2) is 5.61. The van der Waals surface area contributed by atoms with E-state index in [0.29, 0.717) is 5.13 Å². The van der Waals surface area contributed by atoms with Gasteiger partial charge < -0.3 is 4.90 Å². The number of sulfone groups is 1. The summed E-state index contributed by atoms with van der Waals surface area (Å²) in [4.78, 5) is 13.1. The summed E-state index contributed by atoms with van der Waals surface area (Å²) < 4.78 is 22.3. The van der Waals surface area contributed by atoms with E-state index >= 15 is 0 Å². The van der Waals surface area contributed by atoms with Crippen LogP contribution in [0.4, 0.5) is 9.93 Å². The summed E-state index contributed by atoms with van der Waals surface area (Å²) in [7, 11) is -1.58. The van der Waals surface area contributed by atoms with Crippen molar-refractivity contribution in [2.75, 3.05) is 24.4 Å². The van der Waals surface area contributed by atoms with Crippen molar-refractivity contribution in [2.45, 2.75) is 19.9 Å². The van der Waals surface area contributed by atoms with Gasteiger partial charge >= 0.3 is 6.03 Å². The average Bonchev–Trinajstić information content (AvgIpc) is 2.60. The van der Waals surface area contributed by atoms with Crippen molar-refractivity contribution in [1.82, 2.24) is 15.1 Å². The number of anilines is 1. The summed E-state index contributed by atoms with van der Waals surface area (Å²) in [5.74, 6) is -0.0773. The number of nitrogens with zero attached hydrogens (tertiary/aromatic N) is 3. The molecule has 0 saturated carbocycles. The summed E-state index contributed by atoms with van der Waals surface area (Å²) in [5, 5.41) is 11.2. The molecule has 0 spiro atoms. The zero-order valence-corrected chi connectivity index (χ0v) is 12.3. The SMILES string of the molecule is Cc1nnc(NC(=O)N(C)C(C)CS(C)(=O)=O)s1. The maximum atomic E-state index is 11.8. The van der Waals surface area contributed by atoms with E-state index in [1.807, 2.05) is 0 Å². The van der Waals surface area contributed by atoms with Gasteiger partial charge in [-0.15, -0.1) is 10.2 Å². The Bertz CT molecular complexity index is 526. The fourth-order valence-electron chi connectivity index (χ4n) is 1.28. The van der Waals surface area contributed by atoms with Crippen LogP contribution in [0.3, 0.4) is 0 Å². The smallest absolute Gasteiger partial charge is 0.323 e. The van der Waals surface area contributed by atoms with Crippen molar-refractivity contribution in [3.63, 3.8) is 0 Å². The van der Waals surface area contributed by atoms with Crippen LogP contribution in [0.25, 0.3) is 0 Å². The molecule has 1 atom stereocenters. The van der Waals surface area contributed by atoms with E-state index in [9.17, 15) is 13.2 Å². The second-order valence-electron chi connectivity index (χ2n) is 4.11. The van der Waals surface area contributed by atoms with Gasteiger partial charge in [-0.3, -0.25) is 5.32 Å². The summed E-state index contributed by atoms with van der Waals surface area (Å²) in [5.41, 5.74) is 0. The summed E-state index contributed by atoms with van der Waals surface area (Å²) in [6.07, 6.45) is 1.14. The van der Waals surface area contributed by atoms with Gasteiger partial charge in [-0.2, -0.15) is 0 Å². The first-order chi connectivity index (χ1) is 8.19. The first kappa shape index (κ1) is 14.8. The quantitative estimate of drug-likeness (QED) is 0.883. The van der Waals surface area contributed by atoms with Gasteiger partial charge in [0, 0.05) is 19.3 Å². The Hall–Kier alpha value is -1.22. The third-order valence-electron chi connectivity index (χ3n) is 2.27. The number of aromatic nitrogens is 2. The van der Waals surface area contributed by atoms with Gasteiger partial charge in [-0.25, -0.2) is 13.2 Å². The van der Waals surface area contributed by atoms with E-state index in [-0.39, 0.29) is 5.75 Å². The van der Waals surface area contributed by atoms with Crippen LogP contribution in [0.1, 0.15) is 11.9 Å². The standard InChI is InChI=1S/C9H16N4O3S2/c1-6(5-18(4,15)16)13(3)9(14)10-8-12-11-7(2)17-8/h6H,5H2,1-4H3,(H,10,12,14). The van der Waals surface area contributed by atoms with Gasteiger partial charge in [-0.1, -0.05) is 11.3 Å². The zero-order valence-electron chi connectivity index (χ0n) is 10.7. The number of urea groups is 1. The van der Waals surface area contributed by atoms with Crippen molar-refractivity contribution in [2.24, 2.45) is 0 Å². The largest absolute Gasteiger partial charge is 0.324 e. The van der Waals surface area contributed by atoms with E-state index in [0.717, 1.165) is 11.3 Å². The molecule has 0 fully saturated rings. The molecular formula is C9H16N4O3S2. The fraction of sp³-hybridized carbons (Fsp3) is 0.667. The molecule has 7 nitrogen and oxygen atoms in total. The van der Waals surface area contributed by atoms with E-state index in [4.69, 9.17) is 0 Å². The van der Waals surface area contributed by atoms with E-state index in [1.165, 1.54) is 16.2 Å². The highest BCUT2D eigenvalue weighted by atomic mass is 32.2. The highest BCUT2D eigenvalue weighted by molar-refractivity contribution is 7.90. The summed E-state index contributed by atoms with van der Waals surface area (Å²) >= 11 is 1.26. The number of carbonyl (C=O) groups excluding carboxylic acids is 1. The molecule has 1 rings (SSSR count). The molecule has 102 valence electrons. The third-order valence-corrected chi connectivity index (χ3v) is 4.11. The monoisotopic (exact) mass is 292 g/mol. The molecule has 2 amide bonds. The minimum absolute atomic E-state index is 0.0773. The first-order valence-electron chi connectivity index (χ1n) is 5.20. The molecule has 0 aliphatic rings. The summed E-state index contributed by atoms with van der Waals surface area (Å²) in [6, 6.07) is -0.809. The number of hydrogen-bond donors (Lipinski definition) is 1. The van der Waals surface area contributed by atoms with Gasteiger partial charge in [0.25, 0.3) is 0 Å². The highest BCUT2D eigenvalue weighted by Crippen LogP contribution is 2.14. The molecule has 1 N–H and O–H groups in total. The molecular weight excluding hydrogens is 276 g/mol. The average molecular weight is 292 g/mol. The maximum Gasteiger partial charge on any atom is 0.323 e. The maximum absolute atomic E-state index is 11.8. The van der Waals surface area contributed by atoms with E-state index in [2.05, 4.69) is 15.5 Å². The van der Waals surface area contributed by atoms with Crippen molar-refractivity contribution >= 4 is 32.3 Å². The van der Waals surface area contributed by atoms with Crippen LogP contribution in [-0.4, -0.2) is 54.6 Å². The van der Waals surface area contributed by atoms with Gasteiger partial charge in [0.15, 0.2) is 0 Å². The van der Waals surface area contributed by atoms with Crippen molar-refractivity contribution in [3.05, 3.63) is 5.01 Å². The molecule has 0 aliphatic heterocycles. The molecule has 9 heteroatoms. The Balaban J connectivity index is 2.61. The lowest BCUT2D eigenvalue weighted by atomic mass is 10.3. The Morgan fingerprint density at radius 2 is 2.11 bits per heavy atom. The van der Waals surface area contributed by atoms with Crippen LogP contribution >= 0.6 is 11.3 Å². The Kier molecular flexibility index (Phi) is 4.63. The molecule has 18 heavy (non-hydrogen) atoms. The number of carbonyl (C=O) groups is 1. The number of aryl methyl sites for hydroxylation is 1. The zero-order chi connectivity index (χ0) is 13.9. The first-order valence-corrected chi connectivity index (χ1v) is 8.08. The fourth-order valence-corrected chi connectivity index (χ4v) is 2.96. The van der Waals surface area contributed by atoms with Gasteiger partial charge in [0.05, 0.1) is 5.75 Å². The van der Waals surface area contributed by atoms with E-state index in [1.54, 1.807) is 20.9 Å². The molecule has 0 bridgehead atoms. The van der Waals surface area contributed by atoms with Crippen molar-refractivity contribution in [3.8, 4) is 0 Å². The molecule has 1 heterocycles. The number of amides is 2. The topological polar surface area (TPSA) is 92.3 Å². The summed E-state index contributed by atoms with van der Waals surface area (Å²) in [6.45, 7) is 3.45. The molecule has 1 aromatic rings. The van der Waals surface area contributed by atoms with Crippen LogP contribution in [-0.2, 0) is 9.84 Å². The van der Waals surface area contributed by atoms with Gasteiger partial charge in [0.2, 0.25) is 5.13 Å². The van der Waals surface area contributed by atoms with Crippen LogP contribution in [0, 0.1) is 6.92 Å². The van der Waals surface area contributed by atoms with Crippen molar-refractivity contribution in [1.29, 1.82) is 0 Å². The lowest BCUT2D eigenvalue weighted by Gasteiger charge is -2.23. The van der Waals surface area contributed by atoms with Crippen LogP contribution in [0.2, 0.25) is 0 Å².